The highest BCUT2D eigenvalue weighted by Crippen LogP contribution is 2.33. The number of benzene rings is 2. The summed E-state index contributed by atoms with van der Waals surface area (Å²) in [6.07, 6.45) is 0.851. The number of H-pyrrole nitrogens is 1. The number of hydrogen-bond acceptors (Lipinski definition) is 3. The number of anilines is 1. The summed E-state index contributed by atoms with van der Waals surface area (Å²) in [7, 11) is 0. The molecule has 0 fully saturated rings. The van der Waals surface area contributed by atoms with Crippen LogP contribution >= 0.6 is 0 Å². The molecule has 4 rings (SSSR count). The van der Waals surface area contributed by atoms with E-state index >= 15 is 0 Å². The molecule has 1 N–H and O–H groups in total. The van der Waals surface area contributed by atoms with Crippen LogP contribution in [0.25, 0.3) is 11.1 Å². The van der Waals surface area contributed by atoms with Crippen molar-refractivity contribution < 1.29 is 9.21 Å². The topological polar surface area (TPSA) is 66.3 Å². The van der Waals surface area contributed by atoms with Crippen molar-refractivity contribution in [3.05, 3.63) is 64.1 Å². The Morgan fingerprint density at radius 3 is 2.95 bits per heavy atom. The van der Waals surface area contributed by atoms with Crippen molar-refractivity contribution in [1.82, 2.24) is 4.98 Å². The molecule has 0 spiro atoms. The summed E-state index contributed by atoms with van der Waals surface area (Å²) >= 11 is 0. The number of aromatic nitrogens is 1. The van der Waals surface area contributed by atoms with E-state index in [4.69, 9.17) is 4.42 Å². The van der Waals surface area contributed by atoms with Gasteiger partial charge in [-0.15, -0.1) is 0 Å². The van der Waals surface area contributed by atoms with Gasteiger partial charge < -0.3 is 9.32 Å². The van der Waals surface area contributed by atoms with Gasteiger partial charge in [-0.2, -0.15) is 0 Å². The van der Waals surface area contributed by atoms with Crippen LogP contribution in [-0.2, 0) is 6.42 Å². The zero-order valence-corrected chi connectivity index (χ0v) is 12.0. The highest BCUT2D eigenvalue weighted by Gasteiger charge is 2.31. The Morgan fingerprint density at radius 1 is 1.27 bits per heavy atom. The largest absolute Gasteiger partial charge is 0.417 e. The first kappa shape index (κ1) is 12.9. The van der Waals surface area contributed by atoms with Crippen molar-refractivity contribution >= 4 is 22.7 Å². The summed E-state index contributed by atoms with van der Waals surface area (Å²) in [5.41, 5.74) is 3.64. The number of oxazole rings is 1. The lowest BCUT2D eigenvalue weighted by Gasteiger charge is -2.22. The number of fused-ring (bicyclic) bond motifs is 2. The van der Waals surface area contributed by atoms with E-state index in [1.807, 2.05) is 31.2 Å². The van der Waals surface area contributed by atoms with Gasteiger partial charge in [-0.05, 0) is 43.2 Å². The quantitative estimate of drug-likeness (QED) is 0.750. The molecule has 1 unspecified atom stereocenters. The Kier molecular flexibility index (Phi) is 2.69. The predicted molar refractivity (Wildman–Crippen MR) is 83.3 cm³/mol. The summed E-state index contributed by atoms with van der Waals surface area (Å²) in [4.78, 5) is 28.5. The molecule has 1 aromatic heterocycles. The molecule has 0 bridgehead atoms. The van der Waals surface area contributed by atoms with Gasteiger partial charge in [-0.3, -0.25) is 9.78 Å². The third kappa shape index (κ3) is 1.86. The van der Waals surface area contributed by atoms with Crippen LogP contribution in [0.5, 0.6) is 0 Å². The molecular weight excluding hydrogens is 280 g/mol. The Labute approximate surface area is 126 Å². The van der Waals surface area contributed by atoms with Crippen molar-refractivity contribution in [3.63, 3.8) is 0 Å². The fourth-order valence-electron chi connectivity index (χ4n) is 3.09. The van der Waals surface area contributed by atoms with Crippen molar-refractivity contribution in [2.45, 2.75) is 19.4 Å². The zero-order valence-electron chi connectivity index (χ0n) is 12.0. The predicted octanol–water partition coefficient (Wildman–Crippen LogP) is 2.71. The summed E-state index contributed by atoms with van der Waals surface area (Å²) < 4.78 is 5.04. The lowest BCUT2D eigenvalue weighted by Crippen LogP contribution is -2.35. The molecule has 110 valence electrons. The number of carbonyl (C=O) groups excluding carboxylic acids is 1. The van der Waals surface area contributed by atoms with Gasteiger partial charge >= 0.3 is 5.76 Å². The van der Waals surface area contributed by atoms with E-state index in [9.17, 15) is 9.59 Å². The molecule has 0 saturated carbocycles. The lowest BCUT2D eigenvalue weighted by atomic mass is 10.1. The van der Waals surface area contributed by atoms with E-state index in [1.165, 1.54) is 5.56 Å². The van der Waals surface area contributed by atoms with Crippen molar-refractivity contribution in [2.75, 3.05) is 4.90 Å². The first-order chi connectivity index (χ1) is 10.6. The average molecular weight is 294 g/mol. The molecule has 0 saturated heterocycles. The van der Waals surface area contributed by atoms with Gasteiger partial charge in [-0.25, -0.2) is 4.79 Å². The normalized spacial score (nSPS) is 17.0. The second-order valence-electron chi connectivity index (χ2n) is 5.58. The van der Waals surface area contributed by atoms with Gasteiger partial charge in [-0.1, -0.05) is 18.2 Å². The summed E-state index contributed by atoms with van der Waals surface area (Å²) in [5, 5.41) is 0. The third-order valence-electron chi connectivity index (χ3n) is 4.09. The van der Waals surface area contributed by atoms with Crippen LogP contribution in [0, 0.1) is 0 Å². The van der Waals surface area contributed by atoms with Gasteiger partial charge in [0, 0.05) is 17.3 Å². The van der Waals surface area contributed by atoms with Crippen molar-refractivity contribution in [1.29, 1.82) is 0 Å². The number of rotatable bonds is 1. The number of aromatic amines is 1. The van der Waals surface area contributed by atoms with Crippen LogP contribution in [0.1, 0.15) is 22.8 Å². The van der Waals surface area contributed by atoms with Crippen LogP contribution < -0.4 is 10.7 Å². The van der Waals surface area contributed by atoms with E-state index in [0.717, 1.165) is 12.1 Å². The van der Waals surface area contributed by atoms with E-state index in [0.29, 0.717) is 16.7 Å². The Hall–Kier alpha value is -2.82. The smallest absolute Gasteiger partial charge is 0.408 e. The number of hydrogen-bond donors (Lipinski definition) is 1. The molecule has 1 atom stereocenters. The molecule has 1 aliphatic rings. The molecule has 22 heavy (non-hydrogen) atoms. The van der Waals surface area contributed by atoms with Crippen LogP contribution in [0.15, 0.2) is 51.7 Å². The number of carbonyl (C=O) groups is 1. The summed E-state index contributed by atoms with van der Waals surface area (Å²) in [6, 6.07) is 13.1. The first-order valence-electron chi connectivity index (χ1n) is 7.18. The average Bonchev–Trinajstić information content (AvgIpc) is 3.03. The maximum absolute atomic E-state index is 12.9. The summed E-state index contributed by atoms with van der Waals surface area (Å²) in [6.45, 7) is 2.03. The fourth-order valence-corrected chi connectivity index (χ4v) is 3.09. The maximum atomic E-state index is 12.9. The highest BCUT2D eigenvalue weighted by molar-refractivity contribution is 6.08. The Morgan fingerprint density at radius 2 is 2.09 bits per heavy atom. The molecule has 1 amide bonds. The van der Waals surface area contributed by atoms with Gasteiger partial charge in [0.2, 0.25) is 0 Å². The van der Waals surface area contributed by atoms with Gasteiger partial charge in [0.25, 0.3) is 5.91 Å². The second kappa shape index (κ2) is 4.59. The summed E-state index contributed by atoms with van der Waals surface area (Å²) in [5.74, 6) is -0.595. The first-order valence-corrected chi connectivity index (χ1v) is 7.18. The van der Waals surface area contributed by atoms with Crippen molar-refractivity contribution in [2.24, 2.45) is 0 Å². The minimum atomic E-state index is -0.514. The van der Waals surface area contributed by atoms with Crippen LogP contribution in [0.3, 0.4) is 0 Å². The molecule has 1 aliphatic heterocycles. The SMILES string of the molecule is CC1Cc2ccccc2N1C(=O)c1ccc2[nH]c(=O)oc2c1. The molecule has 2 heterocycles. The molecule has 5 nitrogen and oxygen atoms in total. The number of para-hydroxylation sites is 1. The van der Waals surface area contributed by atoms with E-state index in [2.05, 4.69) is 4.98 Å². The number of nitrogens with zero attached hydrogens (tertiary/aromatic N) is 1. The van der Waals surface area contributed by atoms with Gasteiger partial charge in [0.1, 0.15) is 0 Å². The highest BCUT2D eigenvalue weighted by atomic mass is 16.4. The van der Waals surface area contributed by atoms with Crippen LogP contribution in [0.2, 0.25) is 0 Å². The molecule has 5 heteroatoms. The molecular formula is C17H14N2O3. The second-order valence-corrected chi connectivity index (χ2v) is 5.58. The molecule has 3 aromatic rings. The zero-order chi connectivity index (χ0) is 15.3. The minimum absolute atomic E-state index is 0.0804. The van der Waals surface area contributed by atoms with Gasteiger partial charge in [0.05, 0.1) is 5.52 Å². The van der Waals surface area contributed by atoms with Crippen LogP contribution in [-0.4, -0.2) is 16.9 Å². The van der Waals surface area contributed by atoms with Crippen molar-refractivity contribution in [3.8, 4) is 0 Å². The Bertz CT molecular complexity index is 938. The van der Waals surface area contributed by atoms with E-state index < -0.39 is 5.76 Å². The molecule has 0 aliphatic carbocycles. The van der Waals surface area contributed by atoms with Crippen LogP contribution in [0.4, 0.5) is 5.69 Å². The maximum Gasteiger partial charge on any atom is 0.417 e. The Balaban J connectivity index is 1.78. The van der Waals surface area contributed by atoms with E-state index in [1.54, 1.807) is 23.1 Å². The number of amides is 1. The molecule has 2 aromatic carbocycles. The molecule has 0 radical (unpaired) electrons. The minimum Gasteiger partial charge on any atom is -0.408 e. The number of nitrogens with one attached hydrogen (secondary N) is 1. The third-order valence-corrected chi connectivity index (χ3v) is 4.09. The lowest BCUT2D eigenvalue weighted by molar-refractivity contribution is 0.0981. The fraction of sp³-hybridized carbons (Fsp3) is 0.176. The standard InChI is InChI=1S/C17H14N2O3/c1-10-8-11-4-2-3-5-14(11)19(10)16(20)12-6-7-13-15(9-12)22-17(21)18-13/h2-7,9-10H,8H2,1H3,(H,18,21). The monoisotopic (exact) mass is 294 g/mol. The van der Waals surface area contributed by atoms with Gasteiger partial charge in [0.15, 0.2) is 5.58 Å². The van der Waals surface area contributed by atoms with E-state index in [-0.39, 0.29) is 11.9 Å².